The molecule has 0 aromatic carbocycles. The first-order chi connectivity index (χ1) is 8.55. The van der Waals surface area contributed by atoms with Crippen LogP contribution >= 0.6 is 0 Å². The van der Waals surface area contributed by atoms with Gasteiger partial charge in [0.25, 0.3) is 0 Å². The molecule has 1 aliphatic heterocycles. The molecule has 0 spiro atoms. The highest BCUT2D eigenvalue weighted by Gasteiger charge is 2.35. The molecule has 1 unspecified atom stereocenters. The highest BCUT2D eigenvalue weighted by molar-refractivity contribution is 5.88. The molecule has 0 amide bonds. The van der Waals surface area contributed by atoms with Gasteiger partial charge in [-0.3, -0.25) is 9.48 Å². The van der Waals surface area contributed by atoms with Crippen LogP contribution in [0.3, 0.4) is 0 Å². The molecule has 4 heteroatoms. The lowest BCUT2D eigenvalue weighted by Crippen LogP contribution is -2.42. The second kappa shape index (κ2) is 5.22. The predicted molar refractivity (Wildman–Crippen MR) is 69.5 cm³/mol. The third kappa shape index (κ3) is 2.64. The molecule has 1 saturated heterocycles. The van der Waals surface area contributed by atoms with Gasteiger partial charge in [-0.05, 0) is 38.7 Å². The molecule has 0 aliphatic carbocycles. The number of ether oxygens (including phenoxy) is 1. The minimum absolute atomic E-state index is 0.174. The lowest BCUT2D eigenvalue weighted by molar-refractivity contribution is -0.147. The first-order valence-corrected chi connectivity index (χ1v) is 6.74. The fourth-order valence-corrected chi connectivity index (χ4v) is 2.42. The molecule has 4 nitrogen and oxygen atoms in total. The first-order valence-electron chi connectivity index (χ1n) is 6.74. The predicted octanol–water partition coefficient (Wildman–Crippen LogP) is 2.05. The van der Waals surface area contributed by atoms with Gasteiger partial charge in [-0.1, -0.05) is 6.92 Å². The highest BCUT2D eigenvalue weighted by Crippen LogP contribution is 2.26. The maximum absolute atomic E-state index is 12.4. The fraction of sp³-hybridized carbons (Fsp3) is 0.714. The van der Waals surface area contributed by atoms with Gasteiger partial charge < -0.3 is 4.74 Å². The van der Waals surface area contributed by atoms with Crippen LogP contribution in [0.5, 0.6) is 0 Å². The Bertz CT molecular complexity index is 431. The zero-order chi connectivity index (χ0) is 13.2. The van der Waals surface area contributed by atoms with Crippen LogP contribution in [0, 0.1) is 0 Å². The quantitative estimate of drug-likeness (QED) is 0.821. The number of carbonyl (C=O) groups is 1. The smallest absolute Gasteiger partial charge is 0.170 e. The summed E-state index contributed by atoms with van der Waals surface area (Å²) < 4.78 is 7.50. The average molecular weight is 250 g/mol. The summed E-state index contributed by atoms with van der Waals surface area (Å²) in [5, 5.41) is 4.37. The van der Waals surface area contributed by atoms with E-state index in [0.29, 0.717) is 13.0 Å². The van der Waals surface area contributed by atoms with Gasteiger partial charge >= 0.3 is 0 Å². The van der Waals surface area contributed by atoms with E-state index in [1.54, 1.807) is 0 Å². The molecule has 0 N–H and O–H groups in total. The molecule has 0 radical (unpaired) electrons. The Hall–Kier alpha value is -1.16. The molecule has 2 rings (SSSR count). The fourth-order valence-electron chi connectivity index (χ4n) is 2.42. The largest absolute Gasteiger partial charge is 0.367 e. The van der Waals surface area contributed by atoms with Gasteiger partial charge in [0.2, 0.25) is 0 Å². The van der Waals surface area contributed by atoms with Crippen LogP contribution < -0.4 is 0 Å². The number of Topliss-reactive ketones (excluding diaryl/α,β-unsaturated/α-hetero) is 1. The van der Waals surface area contributed by atoms with Gasteiger partial charge in [-0.25, -0.2) is 0 Å². The summed E-state index contributed by atoms with van der Waals surface area (Å²) in [6.45, 7) is 4.69. The normalized spacial score (nSPS) is 24.2. The molecule has 100 valence electrons. The standard InChI is InChI=1S/C14H22N2O2/c1-4-11-9-12(16(3)15-11)10-13(17)14(2)7-5-6-8-18-14/h9H,4-8,10H2,1-3H3. The average Bonchev–Trinajstić information content (AvgIpc) is 2.71. The maximum atomic E-state index is 12.4. The first kappa shape index (κ1) is 13.3. The van der Waals surface area contributed by atoms with Crippen LogP contribution in [0.2, 0.25) is 0 Å². The molecule has 1 aliphatic rings. The molecule has 1 fully saturated rings. The molecule has 1 atom stereocenters. The van der Waals surface area contributed by atoms with E-state index < -0.39 is 5.60 Å². The maximum Gasteiger partial charge on any atom is 0.170 e. The Morgan fingerprint density at radius 1 is 1.56 bits per heavy atom. The van der Waals surface area contributed by atoms with Crippen molar-refractivity contribution < 1.29 is 9.53 Å². The van der Waals surface area contributed by atoms with Crippen molar-refractivity contribution in [2.75, 3.05) is 6.61 Å². The van der Waals surface area contributed by atoms with Crippen molar-refractivity contribution >= 4 is 5.78 Å². The van der Waals surface area contributed by atoms with Crippen molar-refractivity contribution in [3.8, 4) is 0 Å². The van der Waals surface area contributed by atoms with Crippen LogP contribution in [0.25, 0.3) is 0 Å². The van der Waals surface area contributed by atoms with Gasteiger partial charge in [-0.2, -0.15) is 5.10 Å². The van der Waals surface area contributed by atoms with Gasteiger partial charge in [0, 0.05) is 19.3 Å². The Labute approximate surface area is 108 Å². The van der Waals surface area contributed by atoms with Gasteiger partial charge in [0.15, 0.2) is 5.78 Å². The monoisotopic (exact) mass is 250 g/mol. The third-order valence-corrected chi connectivity index (χ3v) is 3.79. The number of aromatic nitrogens is 2. The molecule has 0 bridgehead atoms. The van der Waals surface area contributed by atoms with Crippen molar-refractivity contribution in [3.63, 3.8) is 0 Å². The lowest BCUT2D eigenvalue weighted by atomic mass is 9.89. The molecule has 1 aromatic rings. The minimum atomic E-state index is -0.588. The molecule has 0 saturated carbocycles. The Balaban J connectivity index is 2.08. The Morgan fingerprint density at radius 2 is 2.33 bits per heavy atom. The summed E-state index contributed by atoms with van der Waals surface area (Å²) in [6, 6.07) is 2.02. The van der Waals surface area contributed by atoms with Crippen molar-refractivity contribution in [2.45, 2.75) is 51.6 Å². The van der Waals surface area contributed by atoms with Gasteiger partial charge in [0.1, 0.15) is 5.60 Å². The number of ketones is 1. The number of carbonyl (C=O) groups excluding carboxylic acids is 1. The van der Waals surface area contributed by atoms with Crippen LogP contribution in [-0.4, -0.2) is 27.8 Å². The van der Waals surface area contributed by atoms with E-state index >= 15 is 0 Å². The van der Waals surface area contributed by atoms with Crippen LogP contribution in [0.4, 0.5) is 0 Å². The summed E-state index contributed by atoms with van der Waals surface area (Å²) in [5.41, 5.74) is 1.43. The van der Waals surface area contributed by atoms with Gasteiger partial charge in [-0.15, -0.1) is 0 Å². The van der Waals surface area contributed by atoms with Crippen LogP contribution in [-0.2, 0) is 29.4 Å². The molecule has 2 heterocycles. The van der Waals surface area contributed by atoms with Crippen LogP contribution in [0.1, 0.15) is 44.5 Å². The SMILES string of the molecule is CCc1cc(CC(=O)C2(C)CCCCO2)n(C)n1. The summed E-state index contributed by atoms with van der Waals surface area (Å²) in [4.78, 5) is 12.4. The number of rotatable bonds is 4. The zero-order valence-electron chi connectivity index (χ0n) is 11.5. The van der Waals surface area contributed by atoms with Crippen molar-refractivity contribution in [3.05, 3.63) is 17.5 Å². The van der Waals surface area contributed by atoms with Gasteiger partial charge in [0.05, 0.1) is 12.1 Å². The van der Waals surface area contributed by atoms with Crippen molar-refractivity contribution in [2.24, 2.45) is 7.05 Å². The Kier molecular flexibility index (Phi) is 3.85. The van der Waals surface area contributed by atoms with E-state index in [-0.39, 0.29) is 5.78 Å². The number of nitrogens with zero attached hydrogens (tertiary/aromatic N) is 2. The second-order valence-electron chi connectivity index (χ2n) is 5.24. The van der Waals surface area contributed by atoms with E-state index in [0.717, 1.165) is 37.1 Å². The summed E-state index contributed by atoms with van der Waals surface area (Å²) >= 11 is 0. The topological polar surface area (TPSA) is 44.1 Å². The van der Waals surface area contributed by atoms with E-state index in [9.17, 15) is 4.79 Å². The van der Waals surface area contributed by atoms with E-state index in [4.69, 9.17) is 4.74 Å². The molecule has 18 heavy (non-hydrogen) atoms. The number of hydrogen-bond acceptors (Lipinski definition) is 3. The minimum Gasteiger partial charge on any atom is -0.367 e. The zero-order valence-corrected chi connectivity index (χ0v) is 11.5. The molecular formula is C14H22N2O2. The van der Waals surface area contributed by atoms with Crippen molar-refractivity contribution in [1.82, 2.24) is 9.78 Å². The van der Waals surface area contributed by atoms with E-state index in [1.807, 2.05) is 24.7 Å². The van der Waals surface area contributed by atoms with E-state index in [1.165, 1.54) is 0 Å². The van der Waals surface area contributed by atoms with Crippen molar-refractivity contribution in [1.29, 1.82) is 0 Å². The second-order valence-corrected chi connectivity index (χ2v) is 5.24. The Morgan fingerprint density at radius 3 is 2.89 bits per heavy atom. The molecule has 1 aromatic heterocycles. The lowest BCUT2D eigenvalue weighted by Gasteiger charge is -2.32. The summed E-state index contributed by atoms with van der Waals surface area (Å²) in [5.74, 6) is 0.174. The third-order valence-electron chi connectivity index (χ3n) is 3.79. The number of hydrogen-bond donors (Lipinski definition) is 0. The summed E-state index contributed by atoms with van der Waals surface area (Å²) in [7, 11) is 1.89. The van der Waals surface area contributed by atoms with E-state index in [2.05, 4.69) is 12.0 Å². The number of aryl methyl sites for hydroxylation is 2. The van der Waals surface area contributed by atoms with Crippen LogP contribution in [0.15, 0.2) is 6.07 Å². The highest BCUT2D eigenvalue weighted by atomic mass is 16.5. The summed E-state index contributed by atoms with van der Waals surface area (Å²) in [6.07, 6.45) is 4.29. The molecular weight excluding hydrogens is 228 g/mol.